The van der Waals surface area contributed by atoms with Crippen LogP contribution >= 0.6 is 0 Å². The largest absolute Gasteiger partial charge is 0.545 e. The van der Waals surface area contributed by atoms with Crippen LogP contribution in [0.1, 0.15) is 29.3 Å². The number of hydrazone groups is 1. The van der Waals surface area contributed by atoms with Crippen molar-refractivity contribution in [1.29, 1.82) is 0 Å². The Hall–Kier alpha value is -2.96. The Kier molecular flexibility index (Phi) is 6.45. The van der Waals surface area contributed by atoms with Crippen LogP contribution in [0, 0.1) is 0 Å². The molecule has 132 valence electrons. The van der Waals surface area contributed by atoms with E-state index in [4.69, 9.17) is 0 Å². The Bertz CT molecular complexity index is 729. The molecule has 5 nitrogen and oxygen atoms in total. The lowest BCUT2D eigenvalue weighted by molar-refractivity contribution is -0.255. The molecule has 0 saturated carbocycles. The summed E-state index contributed by atoms with van der Waals surface area (Å²) in [5.41, 5.74) is 5.44. The maximum Gasteiger partial charge on any atom is 0.387 e. The van der Waals surface area contributed by atoms with Gasteiger partial charge in [-0.15, -0.1) is 0 Å². The molecular weight excluding hydrogens is 330 g/mol. The SMILES string of the molecule is C/C(CCc1ccc(OC(F)F)cc1)=N/Nc1ccc(C(=O)[O-])cc1. The first-order valence-corrected chi connectivity index (χ1v) is 7.58. The normalized spacial score (nSPS) is 11.4. The molecule has 2 rings (SSSR count). The van der Waals surface area contributed by atoms with Gasteiger partial charge in [0.2, 0.25) is 0 Å². The summed E-state index contributed by atoms with van der Waals surface area (Å²) in [6.07, 6.45) is 1.38. The molecule has 0 aliphatic carbocycles. The maximum absolute atomic E-state index is 12.1. The number of carboxylic acid groups (broad SMARTS) is 1. The molecule has 0 atom stereocenters. The van der Waals surface area contributed by atoms with Gasteiger partial charge in [-0.05, 0) is 55.2 Å². The quantitative estimate of drug-likeness (QED) is 0.588. The number of benzene rings is 2. The average molecular weight is 347 g/mol. The van der Waals surface area contributed by atoms with Crippen LogP contribution in [0.4, 0.5) is 14.5 Å². The summed E-state index contributed by atoms with van der Waals surface area (Å²) in [7, 11) is 0. The minimum atomic E-state index is -2.83. The zero-order chi connectivity index (χ0) is 18.2. The molecule has 0 bridgehead atoms. The molecular formula is C18H17F2N2O3-. The molecule has 0 spiro atoms. The van der Waals surface area contributed by atoms with Crippen LogP contribution in [-0.2, 0) is 6.42 Å². The first-order valence-electron chi connectivity index (χ1n) is 7.58. The molecule has 0 radical (unpaired) electrons. The number of carbonyl (C=O) groups excluding carboxylic acids is 1. The third-order valence-corrected chi connectivity index (χ3v) is 3.42. The van der Waals surface area contributed by atoms with Crippen molar-refractivity contribution in [2.75, 3.05) is 5.43 Å². The lowest BCUT2D eigenvalue weighted by Gasteiger charge is -2.07. The van der Waals surface area contributed by atoms with Crippen LogP contribution in [-0.4, -0.2) is 18.3 Å². The van der Waals surface area contributed by atoms with Crippen LogP contribution in [0.25, 0.3) is 0 Å². The highest BCUT2D eigenvalue weighted by Crippen LogP contribution is 2.16. The highest BCUT2D eigenvalue weighted by Gasteiger charge is 2.04. The van der Waals surface area contributed by atoms with E-state index in [0.717, 1.165) is 11.3 Å². The molecule has 1 N–H and O–H groups in total. The van der Waals surface area contributed by atoms with Crippen molar-refractivity contribution in [3.05, 3.63) is 59.7 Å². The number of carboxylic acids is 1. The van der Waals surface area contributed by atoms with E-state index < -0.39 is 12.6 Å². The van der Waals surface area contributed by atoms with Crippen LogP contribution in [0.15, 0.2) is 53.6 Å². The lowest BCUT2D eigenvalue weighted by atomic mass is 10.1. The molecule has 7 heteroatoms. The van der Waals surface area contributed by atoms with Crippen molar-refractivity contribution in [3.63, 3.8) is 0 Å². The van der Waals surface area contributed by atoms with Gasteiger partial charge in [-0.2, -0.15) is 13.9 Å². The monoisotopic (exact) mass is 347 g/mol. The van der Waals surface area contributed by atoms with Gasteiger partial charge < -0.3 is 14.6 Å². The van der Waals surface area contributed by atoms with E-state index in [2.05, 4.69) is 15.3 Å². The number of nitrogens with zero attached hydrogens (tertiary/aromatic N) is 1. The number of halogens is 2. The molecule has 0 unspecified atom stereocenters. The van der Waals surface area contributed by atoms with Crippen LogP contribution < -0.4 is 15.3 Å². The van der Waals surface area contributed by atoms with Gasteiger partial charge in [0.05, 0.1) is 11.7 Å². The predicted octanol–water partition coefficient (Wildman–Crippen LogP) is 3.07. The number of hydrogen-bond donors (Lipinski definition) is 1. The standard InChI is InChI=1S/C18H18F2N2O3/c1-12(21-22-15-8-6-14(7-9-15)17(23)24)2-3-13-4-10-16(11-5-13)25-18(19)20/h4-11,18,22H,2-3H2,1H3,(H,23,24)/p-1/b21-12-. The highest BCUT2D eigenvalue weighted by atomic mass is 19.3. The van der Waals surface area contributed by atoms with E-state index in [9.17, 15) is 18.7 Å². The first kappa shape index (κ1) is 18.4. The van der Waals surface area contributed by atoms with E-state index in [1.807, 2.05) is 6.92 Å². The first-order chi connectivity index (χ1) is 11.9. The van der Waals surface area contributed by atoms with Crippen LogP contribution in [0.5, 0.6) is 5.75 Å². The van der Waals surface area contributed by atoms with Gasteiger partial charge in [-0.1, -0.05) is 24.3 Å². The fourth-order valence-corrected chi connectivity index (χ4v) is 2.06. The summed E-state index contributed by atoms with van der Waals surface area (Å²) in [4.78, 5) is 10.7. The van der Waals surface area contributed by atoms with Crippen molar-refractivity contribution in [2.45, 2.75) is 26.4 Å². The Balaban J connectivity index is 1.83. The van der Waals surface area contributed by atoms with Crippen LogP contribution in [0.3, 0.4) is 0 Å². The van der Waals surface area contributed by atoms with Gasteiger partial charge in [0.15, 0.2) is 0 Å². The number of aromatic carboxylic acids is 1. The molecule has 25 heavy (non-hydrogen) atoms. The number of alkyl halides is 2. The minimum Gasteiger partial charge on any atom is -0.545 e. The lowest BCUT2D eigenvalue weighted by Crippen LogP contribution is -2.21. The summed E-state index contributed by atoms with van der Waals surface area (Å²) in [5, 5.41) is 14.9. The fraction of sp³-hybridized carbons (Fsp3) is 0.222. The van der Waals surface area contributed by atoms with Crippen molar-refractivity contribution >= 4 is 17.4 Å². The summed E-state index contributed by atoms with van der Waals surface area (Å²) in [6, 6.07) is 12.6. The van der Waals surface area contributed by atoms with Gasteiger partial charge in [-0.3, -0.25) is 5.43 Å². The van der Waals surface area contributed by atoms with Gasteiger partial charge in [0.25, 0.3) is 0 Å². The summed E-state index contributed by atoms with van der Waals surface area (Å²) in [6.45, 7) is -0.969. The van der Waals surface area contributed by atoms with Crippen molar-refractivity contribution in [3.8, 4) is 5.75 Å². The Morgan fingerprint density at radius 1 is 1.16 bits per heavy atom. The average Bonchev–Trinajstić information content (AvgIpc) is 2.59. The Morgan fingerprint density at radius 2 is 1.80 bits per heavy atom. The fourth-order valence-electron chi connectivity index (χ4n) is 2.06. The van der Waals surface area contributed by atoms with E-state index in [1.54, 1.807) is 24.3 Å². The zero-order valence-corrected chi connectivity index (χ0v) is 13.5. The third kappa shape index (κ3) is 6.21. The summed E-state index contributed by atoms with van der Waals surface area (Å²) < 4.78 is 28.5. The van der Waals surface area contributed by atoms with E-state index in [1.165, 1.54) is 24.3 Å². The minimum absolute atomic E-state index is 0.102. The molecule has 2 aromatic rings. The topological polar surface area (TPSA) is 73.8 Å². The smallest absolute Gasteiger partial charge is 0.387 e. The van der Waals surface area contributed by atoms with E-state index in [-0.39, 0.29) is 11.3 Å². The van der Waals surface area contributed by atoms with Crippen molar-refractivity contribution in [2.24, 2.45) is 5.10 Å². The third-order valence-electron chi connectivity index (χ3n) is 3.42. The number of hydrogen-bond acceptors (Lipinski definition) is 5. The van der Waals surface area contributed by atoms with Crippen molar-refractivity contribution in [1.82, 2.24) is 0 Å². The number of carbonyl (C=O) groups is 1. The summed E-state index contributed by atoms with van der Waals surface area (Å²) >= 11 is 0. The number of rotatable bonds is 8. The second kappa shape index (κ2) is 8.77. The van der Waals surface area contributed by atoms with Crippen molar-refractivity contribution < 1.29 is 23.4 Å². The second-order valence-corrected chi connectivity index (χ2v) is 5.35. The molecule has 2 aromatic carbocycles. The molecule has 0 aromatic heterocycles. The molecule has 0 heterocycles. The number of nitrogens with one attached hydrogen (secondary N) is 1. The van der Waals surface area contributed by atoms with E-state index in [0.29, 0.717) is 18.5 Å². The Labute approximate surface area is 143 Å². The molecule has 0 amide bonds. The molecule has 0 saturated heterocycles. The van der Waals surface area contributed by atoms with Crippen LogP contribution in [0.2, 0.25) is 0 Å². The van der Waals surface area contributed by atoms with Gasteiger partial charge in [-0.25, -0.2) is 0 Å². The van der Waals surface area contributed by atoms with Gasteiger partial charge in [0, 0.05) is 5.71 Å². The van der Waals surface area contributed by atoms with Gasteiger partial charge in [0.1, 0.15) is 5.75 Å². The van der Waals surface area contributed by atoms with Gasteiger partial charge >= 0.3 is 6.61 Å². The predicted molar refractivity (Wildman–Crippen MR) is 88.9 cm³/mol. The highest BCUT2D eigenvalue weighted by molar-refractivity contribution is 5.86. The van der Waals surface area contributed by atoms with E-state index >= 15 is 0 Å². The second-order valence-electron chi connectivity index (χ2n) is 5.35. The zero-order valence-electron chi connectivity index (χ0n) is 13.5. The number of aryl methyl sites for hydroxylation is 1. The Morgan fingerprint density at radius 3 is 2.36 bits per heavy atom. The molecule has 0 aliphatic heterocycles. The molecule has 0 aliphatic rings. The maximum atomic E-state index is 12.1. The molecule has 0 fully saturated rings. The number of ether oxygens (including phenoxy) is 1. The number of anilines is 1. The summed E-state index contributed by atoms with van der Waals surface area (Å²) in [5.74, 6) is -1.10.